The molecule has 0 radical (unpaired) electrons. The highest BCUT2D eigenvalue weighted by Gasteiger charge is 2.12. The van der Waals surface area contributed by atoms with Crippen LogP contribution in [0.25, 0.3) is 0 Å². The summed E-state index contributed by atoms with van der Waals surface area (Å²) in [4.78, 5) is 0. The van der Waals surface area contributed by atoms with E-state index in [-0.39, 0.29) is 22.6 Å². The summed E-state index contributed by atoms with van der Waals surface area (Å²) in [5.74, 6) is 0.572. The van der Waals surface area contributed by atoms with E-state index in [9.17, 15) is 0 Å². The monoisotopic (exact) mass is 288 g/mol. The number of rotatable bonds is 2. The van der Waals surface area contributed by atoms with Crippen molar-refractivity contribution >= 4 is 23.2 Å². The second kappa shape index (κ2) is 5.63. The summed E-state index contributed by atoms with van der Waals surface area (Å²) in [6.45, 7) is 0. The Kier molecular flexibility index (Phi) is 3.92. The minimum absolute atomic E-state index is 0.216. The van der Waals surface area contributed by atoms with E-state index in [0.717, 1.165) is 0 Å². The summed E-state index contributed by atoms with van der Waals surface area (Å²) in [7, 11) is 0. The van der Waals surface area contributed by atoms with Gasteiger partial charge in [0.05, 0.1) is 10.0 Å². The van der Waals surface area contributed by atoms with E-state index in [1.807, 2.05) is 12.1 Å². The zero-order valence-corrected chi connectivity index (χ0v) is 11.0. The highest BCUT2D eigenvalue weighted by molar-refractivity contribution is 6.32. The first-order chi connectivity index (χ1) is 9.17. The fourth-order valence-electron chi connectivity index (χ4n) is 1.51. The van der Waals surface area contributed by atoms with Crippen LogP contribution in [-0.2, 0) is 0 Å². The van der Waals surface area contributed by atoms with Crippen LogP contribution in [0.15, 0.2) is 36.4 Å². The SMILES string of the molecule is N#Cc1c(Cl)cccc1Oc1cccc(Cl)c1C#N. The van der Waals surface area contributed by atoms with E-state index in [1.165, 1.54) is 0 Å². The lowest BCUT2D eigenvalue weighted by molar-refractivity contribution is 0.479. The summed E-state index contributed by atoms with van der Waals surface area (Å²) in [5, 5.41) is 18.7. The van der Waals surface area contributed by atoms with Crippen LogP contribution in [0.5, 0.6) is 11.5 Å². The first-order valence-corrected chi connectivity index (χ1v) is 5.98. The Labute approximate surface area is 120 Å². The van der Waals surface area contributed by atoms with Gasteiger partial charge in [-0.25, -0.2) is 0 Å². The third-order valence-corrected chi connectivity index (χ3v) is 3.02. The number of halogens is 2. The molecule has 19 heavy (non-hydrogen) atoms. The minimum atomic E-state index is 0.216. The molecule has 0 atom stereocenters. The molecule has 0 heterocycles. The smallest absolute Gasteiger partial charge is 0.146 e. The molecule has 0 aliphatic carbocycles. The highest BCUT2D eigenvalue weighted by atomic mass is 35.5. The van der Waals surface area contributed by atoms with Gasteiger partial charge in [0, 0.05) is 0 Å². The van der Waals surface area contributed by atoms with Crippen LogP contribution in [-0.4, -0.2) is 0 Å². The predicted octanol–water partition coefficient (Wildman–Crippen LogP) is 4.53. The van der Waals surface area contributed by atoms with Gasteiger partial charge in [-0.1, -0.05) is 35.3 Å². The van der Waals surface area contributed by atoms with Gasteiger partial charge in [0.25, 0.3) is 0 Å². The largest absolute Gasteiger partial charge is 0.454 e. The number of ether oxygens (including phenoxy) is 1. The molecule has 0 saturated heterocycles. The van der Waals surface area contributed by atoms with E-state index in [4.69, 9.17) is 38.5 Å². The van der Waals surface area contributed by atoms with Gasteiger partial charge < -0.3 is 4.74 Å². The molecule has 3 nitrogen and oxygen atoms in total. The summed E-state index contributed by atoms with van der Waals surface area (Å²) >= 11 is 11.8. The molecule has 2 aromatic rings. The van der Waals surface area contributed by atoms with Crippen molar-refractivity contribution in [3.8, 4) is 23.6 Å². The second-order valence-electron chi connectivity index (χ2n) is 3.55. The zero-order chi connectivity index (χ0) is 13.8. The molecule has 0 spiro atoms. The first-order valence-electron chi connectivity index (χ1n) is 5.22. The van der Waals surface area contributed by atoms with E-state index >= 15 is 0 Å². The molecule has 5 heteroatoms. The van der Waals surface area contributed by atoms with Crippen molar-refractivity contribution in [2.75, 3.05) is 0 Å². The topological polar surface area (TPSA) is 56.8 Å². The molecule has 0 unspecified atom stereocenters. The Morgan fingerprint density at radius 3 is 1.58 bits per heavy atom. The number of hydrogen-bond donors (Lipinski definition) is 0. The molecule has 2 aromatic carbocycles. The number of benzene rings is 2. The van der Waals surface area contributed by atoms with Crippen LogP contribution in [0.3, 0.4) is 0 Å². The van der Waals surface area contributed by atoms with Crippen molar-refractivity contribution < 1.29 is 4.74 Å². The fourth-order valence-corrected chi connectivity index (χ4v) is 1.93. The molecular weight excluding hydrogens is 283 g/mol. The Hall–Kier alpha value is -2.20. The van der Waals surface area contributed by atoms with Crippen molar-refractivity contribution in [1.82, 2.24) is 0 Å². The molecular formula is C14H6Cl2N2O. The quantitative estimate of drug-likeness (QED) is 0.816. The summed E-state index contributed by atoms with van der Waals surface area (Å²) in [5.41, 5.74) is 0.432. The van der Waals surface area contributed by atoms with E-state index < -0.39 is 0 Å². The second-order valence-corrected chi connectivity index (χ2v) is 4.37. The average Bonchev–Trinajstić information content (AvgIpc) is 2.39. The third-order valence-electron chi connectivity index (χ3n) is 2.39. The maximum atomic E-state index is 9.05. The van der Waals surface area contributed by atoms with Gasteiger partial charge in [-0.2, -0.15) is 10.5 Å². The predicted molar refractivity (Wildman–Crippen MR) is 72.4 cm³/mol. The number of hydrogen-bond acceptors (Lipinski definition) is 3. The van der Waals surface area contributed by atoms with Crippen LogP contribution in [0.4, 0.5) is 0 Å². The first kappa shape index (κ1) is 13.2. The Bertz CT molecular complexity index is 653. The molecule has 0 N–H and O–H groups in total. The number of nitrogens with zero attached hydrogens (tertiary/aromatic N) is 2. The van der Waals surface area contributed by atoms with Gasteiger partial charge in [-0.3, -0.25) is 0 Å². The molecule has 92 valence electrons. The molecule has 0 aliphatic heterocycles. The van der Waals surface area contributed by atoms with E-state index in [1.54, 1.807) is 36.4 Å². The van der Waals surface area contributed by atoms with Gasteiger partial charge >= 0.3 is 0 Å². The van der Waals surface area contributed by atoms with Crippen LogP contribution < -0.4 is 4.74 Å². The third kappa shape index (κ3) is 2.63. The average molecular weight is 289 g/mol. The maximum absolute atomic E-state index is 9.05. The maximum Gasteiger partial charge on any atom is 0.146 e. The molecule has 0 fully saturated rings. The van der Waals surface area contributed by atoms with Crippen molar-refractivity contribution in [3.05, 3.63) is 57.6 Å². The Morgan fingerprint density at radius 1 is 0.789 bits per heavy atom. The van der Waals surface area contributed by atoms with Crippen LogP contribution in [0.1, 0.15) is 11.1 Å². The van der Waals surface area contributed by atoms with Gasteiger partial charge in [-0.05, 0) is 24.3 Å². The molecule has 0 aromatic heterocycles. The van der Waals surface area contributed by atoms with Crippen LogP contribution >= 0.6 is 23.2 Å². The normalized spacial score (nSPS) is 9.47. The summed E-state index contributed by atoms with van der Waals surface area (Å²) in [6.07, 6.45) is 0. The van der Waals surface area contributed by atoms with Gasteiger partial charge in [-0.15, -0.1) is 0 Å². The van der Waals surface area contributed by atoms with Gasteiger partial charge in [0.2, 0.25) is 0 Å². The minimum Gasteiger partial charge on any atom is -0.454 e. The Balaban J connectivity index is 2.50. The molecule has 0 saturated carbocycles. The molecule has 0 amide bonds. The van der Waals surface area contributed by atoms with Crippen molar-refractivity contribution in [2.45, 2.75) is 0 Å². The lowest BCUT2D eigenvalue weighted by Crippen LogP contribution is -1.92. The lowest BCUT2D eigenvalue weighted by atomic mass is 10.2. The molecule has 2 rings (SSSR count). The van der Waals surface area contributed by atoms with Crippen molar-refractivity contribution in [3.63, 3.8) is 0 Å². The van der Waals surface area contributed by atoms with E-state index in [2.05, 4.69) is 0 Å². The van der Waals surface area contributed by atoms with E-state index in [0.29, 0.717) is 10.0 Å². The van der Waals surface area contributed by atoms with Crippen LogP contribution in [0.2, 0.25) is 10.0 Å². The van der Waals surface area contributed by atoms with Crippen molar-refractivity contribution in [2.24, 2.45) is 0 Å². The summed E-state index contributed by atoms with van der Waals surface area (Å²) in [6, 6.07) is 13.6. The highest BCUT2D eigenvalue weighted by Crippen LogP contribution is 2.33. The van der Waals surface area contributed by atoms with Crippen molar-refractivity contribution in [1.29, 1.82) is 10.5 Å². The fraction of sp³-hybridized carbons (Fsp3) is 0. The standard InChI is InChI=1S/C14H6Cl2N2O/c15-11-3-1-5-13(9(11)7-17)19-14-6-2-4-12(16)10(14)8-18/h1-6H. The molecule has 0 bridgehead atoms. The molecule has 0 aliphatic rings. The lowest BCUT2D eigenvalue weighted by Gasteiger charge is -2.10. The van der Waals surface area contributed by atoms with Crippen LogP contribution in [0, 0.1) is 22.7 Å². The van der Waals surface area contributed by atoms with Gasteiger partial charge in [0.15, 0.2) is 0 Å². The number of nitriles is 2. The summed E-state index contributed by atoms with van der Waals surface area (Å²) < 4.78 is 5.57. The zero-order valence-electron chi connectivity index (χ0n) is 9.52. The van der Waals surface area contributed by atoms with Gasteiger partial charge in [0.1, 0.15) is 34.8 Å². The Morgan fingerprint density at radius 2 is 1.21 bits per heavy atom.